The number of fused-ring (bicyclic) bond motifs is 1. The van der Waals surface area contributed by atoms with Crippen LogP contribution in [0.5, 0.6) is 0 Å². The van der Waals surface area contributed by atoms with Gasteiger partial charge in [0.25, 0.3) is 0 Å². The quantitative estimate of drug-likeness (QED) is 0.841. The van der Waals surface area contributed by atoms with E-state index in [4.69, 9.17) is 0 Å². The van der Waals surface area contributed by atoms with Crippen molar-refractivity contribution in [1.29, 1.82) is 0 Å². The highest BCUT2D eigenvalue weighted by Gasteiger charge is 2.50. The molecule has 0 amide bonds. The van der Waals surface area contributed by atoms with Crippen LogP contribution in [0.15, 0.2) is 48.5 Å². The fraction of sp³-hybridized carbons (Fsp3) is 0.500. The number of aliphatic hydroxyl groups is 1. The smallest absolute Gasteiger partial charge is 0.123 e. The first kappa shape index (κ1) is 19.0. The third-order valence-corrected chi connectivity index (χ3v) is 7.42. The SMILES string of the molecule is OC1(c2ccc(F)cc2)CC2CC(N3CCN(c4ccc(F)cc4)CC3)CC2C1. The van der Waals surface area contributed by atoms with Gasteiger partial charge in [-0.2, -0.15) is 0 Å². The summed E-state index contributed by atoms with van der Waals surface area (Å²) in [5.74, 6) is 0.649. The van der Waals surface area contributed by atoms with E-state index >= 15 is 0 Å². The Kier molecular flexibility index (Phi) is 4.83. The van der Waals surface area contributed by atoms with E-state index in [9.17, 15) is 13.9 Å². The molecule has 5 heteroatoms. The fourth-order valence-corrected chi connectivity index (χ4v) is 5.92. The zero-order valence-electron chi connectivity index (χ0n) is 16.6. The number of anilines is 1. The first-order chi connectivity index (χ1) is 14.0. The van der Waals surface area contributed by atoms with E-state index in [1.807, 2.05) is 12.1 Å². The maximum absolute atomic E-state index is 13.2. The van der Waals surface area contributed by atoms with Crippen LogP contribution >= 0.6 is 0 Å². The van der Waals surface area contributed by atoms with Gasteiger partial charge in [-0.15, -0.1) is 0 Å². The molecule has 2 saturated carbocycles. The summed E-state index contributed by atoms with van der Waals surface area (Å²) >= 11 is 0. The lowest BCUT2D eigenvalue weighted by atomic mass is 9.89. The van der Waals surface area contributed by atoms with Gasteiger partial charge in [0, 0.05) is 37.9 Å². The maximum atomic E-state index is 13.2. The summed E-state index contributed by atoms with van der Waals surface area (Å²) in [6.45, 7) is 4.00. The van der Waals surface area contributed by atoms with E-state index in [1.54, 1.807) is 12.1 Å². The van der Waals surface area contributed by atoms with Crippen molar-refractivity contribution in [3.63, 3.8) is 0 Å². The molecule has 5 rings (SSSR count). The van der Waals surface area contributed by atoms with Crippen molar-refractivity contribution in [2.45, 2.75) is 37.3 Å². The summed E-state index contributed by atoms with van der Waals surface area (Å²) in [5.41, 5.74) is 1.16. The van der Waals surface area contributed by atoms with Gasteiger partial charge < -0.3 is 10.0 Å². The fourth-order valence-electron chi connectivity index (χ4n) is 5.92. The second kappa shape index (κ2) is 7.37. The third kappa shape index (κ3) is 3.66. The van der Waals surface area contributed by atoms with Crippen molar-refractivity contribution in [3.8, 4) is 0 Å². The van der Waals surface area contributed by atoms with Crippen LogP contribution in [0.2, 0.25) is 0 Å². The Hall–Kier alpha value is -1.98. The molecule has 154 valence electrons. The topological polar surface area (TPSA) is 26.7 Å². The van der Waals surface area contributed by atoms with E-state index in [1.165, 1.54) is 24.3 Å². The van der Waals surface area contributed by atoms with Crippen molar-refractivity contribution in [2.24, 2.45) is 11.8 Å². The molecule has 2 atom stereocenters. The van der Waals surface area contributed by atoms with Crippen LogP contribution in [0.3, 0.4) is 0 Å². The van der Waals surface area contributed by atoms with E-state index in [2.05, 4.69) is 9.80 Å². The van der Waals surface area contributed by atoms with Gasteiger partial charge in [0.05, 0.1) is 5.60 Å². The Morgan fingerprint density at radius 3 is 1.83 bits per heavy atom. The molecule has 2 aromatic rings. The average molecular weight is 398 g/mol. The molecule has 1 N–H and O–H groups in total. The van der Waals surface area contributed by atoms with Crippen LogP contribution in [0.1, 0.15) is 31.2 Å². The van der Waals surface area contributed by atoms with Gasteiger partial charge in [0.1, 0.15) is 11.6 Å². The van der Waals surface area contributed by atoms with E-state index in [0.717, 1.165) is 63.1 Å². The molecule has 3 fully saturated rings. The Bertz CT molecular complexity index is 832. The molecular weight excluding hydrogens is 370 g/mol. The monoisotopic (exact) mass is 398 g/mol. The van der Waals surface area contributed by atoms with Crippen molar-refractivity contribution in [2.75, 3.05) is 31.1 Å². The van der Waals surface area contributed by atoms with Crippen molar-refractivity contribution < 1.29 is 13.9 Å². The van der Waals surface area contributed by atoms with Crippen molar-refractivity contribution in [3.05, 3.63) is 65.7 Å². The molecule has 3 nitrogen and oxygen atoms in total. The summed E-state index contributed by atoms with van der Waals surface area (Å²) in [4.78, 5) is 4.94. The van der Waals surface area contributed by atoms with Crippen LogP contribution in [0, 0.1) is 23.5 Å². The van der Waals surface area contributed by atoms with Gasteiger partial charge in [-0.1, -0.05) is 12.1 Å². The standard InChI is InChI=1S/C24H28F2N2O/c25-20-3-1-19(2-4-20)24(29)15-17-13-23(14-18(17)16-24)28-11-9-27(10-12-28)22-7-5-21(26)6-8-22/h1-8,17-18,23,29H,9-16H2. The molecular formula is C24H28F2N2O. The highest BCUT2D eigenvalue weighted by Crippen LogP contribution is 2.53. The van der Waals surface area contributed by atoms with Crippen LogP contribution in [-0.4, -0.2) is 42.2 Å². The first-order valence-corrected chi connectivity index (χ1v) is 10.7. The Labute approximate surface area is 170 Å². The lowest BCUT2D eigenvalue weighted by Crippen LogP contribution is -2.50. The van der Waals surface area contributed by atoms with Gasteiger partial charge in [0.2, 0.25) is 0 Å². The van der Waals surface area contributed by atoms with E-state index < -0.39 is 5.60 Å². The number of benzene rings is 2. The number of rotatable bonds is 3. The number of hydrogen-bond acceptors (Lipinski definition) is 3. The minimum atomic E-state index is -0.796. The Balaban J connectivity index is 1.17. The zero-order chi connectivity index (χ0) is 20.0. The summed E-state index contributed by atoms with van der Waals surface area (Å²) < 4.78 is 26.4. The van der Waals surface area contributed by atoms with E-state index in [-0.39, 0.29) is 11.6 Å². The molecule has 1 aliphatic heterocycles. The Morgan fingerprint density at radius 2 is 1.28 bits per heavy atom. The molecule has 2 aromatic carbocycles. The number of nitrogens with zero attached hydrogens (tertiary/aromatic N) is 2. The van der Waals surface area contributed by atoms with Crippen molar-refractivity contribution in [1.82, 2.24) is 4.90 Å². The second-order valence-electron chi connectivity index (χ2n) is 9.09. The highest BCUT2D eigenvalue weighted by atomic mass is 19.1. The van der Waals surface area contributed by atoms with Gasteiger partial charge in [-0.3, -0.25) is 4.90 Å². The molecule has 3 aliphatic rings. The molecule has 0 spiro atoms. The predicted molar refractivity (Wildman–Crippen MR) is 110 cm³/mol. The van der Waals surface area contributed by atoms with Gasteiger partial charge >= 0.3 is 0 Å². The van der Waals surface area contributed by atoms with Gasteiger partial charge in [0.15, 0.2) is 0 Å². The minimum absolute atomic E-state index is 0.189. The molecule has 29 heavy (non-hydrogen) atoms. The number of piperazine rings is 1. The second-order valence-corrected chi connectivity index (χ2v) is 9.09. The molecule has 1 heterocycles. The normalized spacial score (nSPS) is 32.5. The summed E-state index contributed by atoms with van der Waals surface area (Å²) in [6, 6.07) is 13.8. The number of hydrogen-bond donors (Lipinski definition) is 1. The van der Waals surface area contributed by atoms with Gasteiger partial charge in [-0.05, 0) is 79.5 Å². The Morgan fingerprint density at radius 1 is 0.759 bits per heavy atom. The number of halogens is 2. The van der Waals surface area contributed by atoms with Gasteiger partial charge in [-0.25, -0.2) is 8.78 Å². The minimum Gasteiger partial charge on any atom is -0.385 e. The lowest BCUT2D eigenvalue weighted by Gasteiger charge is -2.39. The van der Waals surface area contributed by atoms with Crippen LogP contribution in [0.25, 0.3) is 0 Å². The zero-order valence-corrected chi connectivity index (χ0v) is 16.6. The summed E-state index contributed by atoms with van der Waals surface area (Å²) in [6.07, 6.45) is 3.86. The molecule has 1 saturated heterocycles. The van der Waals surface area contributed by atoms with Crippen molar-refractivity contribution >= 4 is 5.69 Å². The van der Waals surface area contributed by atoms with Crippen LogP contribution < -0.4 is 4.90 Å². The lowest BCUT2D eigenvalue weighted by molar-refractivity contribution is 0.0309. The van der Waals surface area contributed by atoms with E-state index in [0.29, 0.717) is 17.9 Å². The van der Waals surface area contributed by atoms with Crippen LogP contribution in [-0.2, 0) is 5.60 Å². The molecule has 0 radical (unpaired) electrons. The van der Waals surface area contributed by atoms with Crippen LogP contribution in [0.4, 0.5) is 14.5 Å². The maximum Gasteiger partial charge on any atom is 0.123 e. The summed E-state index contributed by atoms with van der Waals surface area (Å²) in [5, 5.41) is 11.2. The predicted octanol–water partition coefficient (Wildman–Crippen LogP) is 4.16. The third-order valence-electron chi connectivity index (χ3n) is 7.42. The molecule has 2 unspecified atom stereocenters. The molecule has 2 aliphatic carbocycles. The highest BCUT2D eigenvalue weighted by molar-refractivity contribution is 5.46. The molecule has 0 bridgehead atoms. The first-order valence-electron chi connectivity index (χ1n) is 10.7. The average Bonchev–Trinajstić information content (AvgIpc) is 3.25. The summed E-state index contributed by atoms with van der Waals surface area (Å²) in [7, 11) is 0. The molecule has 0 aromatic heterocycles. The largest absolute Gasteiger partial charge is 0.385 e.